The number of rotatable bonds is 5. The van der Waals surface area contributed by atoms with E-state index >= 15 is 0 Å². The van der Waals surface area contributed by atoms with E-state index in [9.17, 15) is 13.6 Å². The summed E-state index contributed by atoms with van der Waals surface area (Å²) in [5, 5.41) is 7.17. The molecule has 3 rings (SSSR count). The first kappa shape index (κ1) is 16.4. The number of nitrogens with zero attached hydrogens (tertiary/aromatic N) is 2. The summed E-state index contributed by atoms with van der Waals surface area (Å²) in [4.78, 5) is 12.0. The summed E-state index contributed by atoms with van der Waals surface area (Å²) in [6, 6.07) is 5.02. The van der Waals surface area contributed by atoms with Crippen molar-refractivity contribution in [3.05, 3.63) is 41.6 Å². The van der Waals surface area contributed by atoms with Gasteiger partial charge in [0, 0.05) is 25.1 Å². The minimum absolute atomic E-state index is 0.0979. The normalized spacial score (nSPS) is 14.8. The molecule has 1 N–H and O–H groups in total. The summed E-state index contributed by atoms with van der Waals surface area (Å²) in [7, 11) is 1.77. The minimum atomic E-state index is -1.01. The van der Waals surface area contributed by atoms with Crippen LogP contribution in [-0.4, -0.2) is 22.3 Å². The highest BCUT2D eigenvalue weighted by molar-refractivity contribution is 5.91. The maximum atomic E-state index is 13.1. The number of benzene rings is 1. The summed E-state index contributed by atoms with van der Waals surface area (Å²) in [6.45, 7) is -0.297. The lowest BCUT2D eigenvalue weighted by molar-refractivity contribution is -0.118. The van der Waals surface area contributed by atoms with Gasteiger partial charge in [-0.2, -0.15) is 5.10 Å². The van der Waals surface area contributed by atoms with Gasteiger partial charge in [-0.25, -0.2) is 8.78 Å². The lowest BCUT2D eigenvalue weighted by Gasteiger charge is -2.07. The summed E-state index contributed by atoms with van der Waals surface area (Å²) in [5.41, 5.74) is 0.992. The van der Waals surface area contributed by atoms with E-state index in [1.165, 1.54) is 18.9 Å². The number of aromatic nitrogens is 2. The van der Waals surface area contributed by atoms with Crippen molar-refractivity contribution in [3.8, 4) is 5.75 Å². The number of nitrogens with one attached hydrogen (secondary N) is 1. The van der Waals surface area contributed by atoms with E-state index < -0.39 is 11.6 Å². The zero-order valence-electron chi connectivity index (χ0n) is 13.4. The van der Waals surface area contributed by atoms with Gasteiger partial charge in [-0.1, -0.05) is 12.8 Å². The molecule has 2 aromatic rings. The molecule has 0 aliphatic heterocycles. The molecule has 1 heterocycles. The molecule has 24 heavy (non-hydrogen) atoms. The van der Waals surface area contributed by atoms with Gasteiger partial charge >= 0.3 is 0 Å². The molecular weight excluding hydrogens is 316 g/mol. The van der Waals surface area contributed by atoms with Crippen molar-refractivity contribution in [1.82, 2.24) is 9.78 Å². The molecule has 0 saturated heterocycles. The Morgan fingerprint density at radius 2 is 2.04 bits per heavy atom. The van der Waals surface area contributed by atoms with Gasteiger partial charge in [0.15, 0.2) is 18.2 Å². The molecule has 0 atom stereocenters. The van der Waals surface area contributed by atoms with Gasteiger partial charge in [-0.05, 0) is 25.0 Å². The quantitative estimate of drug-likeness (QED) is 0.911. The predicted octanol–water partition coefficient (Wildman–Crippen LogP) is 3.37. The van der Waals surface area contributed by atoms with Crippen molar-refractivity contribution in [2.75, 3.05) is 11.9 Å². The zero-order chi connectivity index (χ0) is 17.1. The standard InChI is InChI=1S/C17H19F2N3O2/c1-22-16(9-15(21-22)11-4-2-3-5-11)20-17(23)10-24-12-6-7-13(18)14(19)8-12/h6-9,11H,2-5,10H2,1H3,(H,20,23). The molecular formula is C17H19F2N3O2. The van der Waals surface area contributed by atoms with Crippen LogP contribution in [0.2, 0.25) is 0 Å². The average Bonchev–Trinajstić information content (AvgIpc) is 3.19. The van der Waals surface area contributed by atoms with Gasteiger partial charge in [0.25, 0.3) is 5.91 Å². The molecule has 5 nitrogen and oxygen atoms in total. The van der Waals surface area contributed by atoms with Crippen LogP contribution in [-0.2, 0) is 11.8 Å². The number of aryl methyl sites for hydroxylation is 1. The summed E-state index contributed by atoms with van der Waals surface area (Å²) in [6.07, 6.45) is 4.68. The Balaban J connectivity index is 1.57. The second-order valence-corrected chi connectivity index (χ2v) is 5.97. The van der Waals surface area contributed by atoms with Gasteiger partial charge < -0.3 is 10.1 Å². The molecule has 7 heteroatoms. The Hall–Kier alpha value is -2.44. The van der Waals surface area contributed by atoms with Crippen LogP contribution in [0.4, 0.5) is 14.6 Å². The van der Waals surface area contributed by atoms with Gasteiger partial charge in [0.2, 0.25) is 0 Å². The molecule has 0 unspecified atom stereocenters. The van der Waals surface area contributed by atoms with Crippen LogP contribution in [0, 0.1) is 11.6 Å². The van der Waals surface area contributed by atoms with Crippen LogP contribution in [0.1, 0.15) is 37.3 Å². The SMILES string of the molecule is Cn1nc(C2CCCC2)cc1NC(=O)COc1ccc(F)c(F)c1. The number of amides is 1. The van der Waals surface area contributed by atoms with Gasteiger partial charge in [0.05, 0.1) is 5.69 Å². The molecule has 1 aromatic heterocycles. The van der Waals surface area contributed by atoms with Crippen molar-refractivity contribution in [2.24, 2.45) is 7.05 Å². The number of hydrogen-bond donors (Lipinski definition) is 1. The van der Waals surface area contributed by atoms with E-state index in [1.807, 2.05) is 6.07 Å². The molecule has 1 amide bonds. The van der Waals surface area contributed by atoms with E-state index in [2.05, 4.69) is 10.4 Å². The highest BCUT2D eigenvalue weighted by atomic mass is 19.2. The number of carbonyl (C=O) groups is 1. The maximum absolute atomic E-state index is 13.1. The third-order valence-electron chi connectivity index (χ3n) is 4.20. The van der Waals surface area contributed by atoms with Gasteiger partial charge in [0.1, 0.15) is 11.6 Å². The summed E-state index contributed by atoms with van der Waals surface area (Å²) >= 11 is 0. The average molecular weight is 335 g/mol. The zero-order valence-corrected chi connectivity index (χ0v) is 13.4. The molecule has 128 valence electrons. The van der Waals surface area contributed by atoms with Gasteiger partial charge in [-0.3, -0.25) is 9.48 Å². The number of hydrogen-bond acceptors (Lipinski definition) is 3. The second kappa shape index (κ2) is 6.98. The minimum Gasteiger partial charge on any atom is -0.484 e. The predicted molar refractivity (Wildman–Crippen MR) is 84.9 cm³/mol. The van der Waals surface area contributed by atoms with Crippen LogP contribution in [0.25, 0.3) is 0 Å². The van der Waals surface area contributed by atoms with E-state index in [1.54, 1.807) is 11.7 Å². The number of halogens is 2. The number of carbonyl (C=O) groups excluding carboxylic acids is 1. The van der Waals surface area contributed by atoms with E-state index in [0.717, 1.165) is 30.7 Å². The molecule has 1 aliphatic carbocycles. The molecule has 0 spiro atoms. The Kier molecular flexibility index (Phi) is 4.78. The van der Waals surface area contributed by atoms with Crippen molar-refractivity contribution in [1.29, 1.82) is 0 Å². The van der Waals surface area contributed by atoms with Crippen LogP contribution in [0.5, 0.6) is 5.75 Å². The lowest BCUT2D eigenvalue weighted by atomic mass is 10.0. The summed E-state index contributed by atoms with van der Waals surface area (Å²) < 4.78 is 32.7. The first-order valence-corrected chi connectivity index (χ1v) is 7.94. The second-order valence-electron chi connectivity index (χ2n) is 5.97. The van der Waals surface area contributed by atoms with Crippen LogP contribution in [0.15, 0.2) is 24.3 Å². The first-order chi connectivity index (χ1) is 11.5. The van der Waals surface area contributed by atoms with Crippen molar-refractivity contribution in [3.63, 3.8) is 0 Å². The monoisotopic (exact) mass is 335 g/mol. The van der Waals surface area contributed by atoms with E-state index in [4.69, 9.17) is 4.74 Å². The van der Waals surface area contributed by atoms with Crippen LogP contribution < -0.4 is 10.1 Å². The Bertz CT molecular complexity index is 739. The number of ether oxygens (including phenoxy) is 1. The van der Waals surface area contributed by atoms with E-state index in [0.29, 0.717) is 11.7 Å². The Morgan fingerprint density at radius 1 is 1.29 bits per heavy atom. The Labute approximate surface area is 138 Å². The summed E-state index contributed by atoms with van der Waals surface area (Å²) in [5.74, 6) is -1.21. The molecule has 1 fully saturated rings. The van der Waals surface area contributed by atoms with Crippen LogP contribution >= 0.6 is 0 Å². The fourth-order valence-corrected chi connectivity index (χ4v) is 2.92. The number of anilines is 1. The highest BCUT2D eigenvalue weighted by Crippen LogP contribution is 2.34. The molecule has 0 bridgehead atoms. The maximum Gasteiger partial charge on any atom is 0.263 e. The molecule has 1 aromatic carbocycles. The molecule has 0 radical (unpaired) electrons. The van der Waals surface area contributed by atoms with Crippen LogP contribution in [0.3, 0.4) is 0 Å². The molecule has 1 saturated carbocycles. The third kappa shape index (κ3) is 3.72. The lowest BCUT2D eigenvalue weighted by Crippen LogP contribution is -2.21. The highest BCUT2D eigenvalue weighted by Gasteiger charge is 2.21. The van der Waals surface area contributed by atoms with E-state index in [-0.39, 0.29) is 18.3 Å². The smallest absolute Gasteiger partial charge is 0.263 e. The largest absolute Gasteiger partial charge is 0.484 e. The fraction of sp³-hybridized carbons (Fsp3) is 0.412. The first-order valence-electron chi connectivity index (χ1n) is 7.94. The third-order valence-corrected chi connectivity index (χ3v) is 4.20. The van der Waals surface area contributed by atoms with Crippen molar-refractivity contribution < 1.29 is 18.3 Å². The Morgan fingerprint density at radius 3 is 2.75 bits per heavy atom. The van der Waals surface area contributed by atoms with Crippen molar-refractivity contribution in [2.45, 2.75) is 31.6 Å². The topological polar surface area (TPSA) is 56.2 Å². The van der Waals surface area contributed by atoms with Crippen molar-refractivity contribution >= 4 is 11.7 Å². The molecule has 1 aliphatic rings. The van der Waals surface area contributed by atoms with Gasteiger partial charge in [-0.15, -0.1) is 0 Å². The fourth-order valence-electron chi connectivity index (χ4n) is 2.92.